The Morgan fingerprint density at radius 3 is 2.89 bits per heavy atom. The fraction of sp³-hybridized carbons (Fsp3) is 0.750. The number of rotatable bonds is 2. The summed E-state index contributed by atoms with van der Waals surface area (Å²) in [6, 6.07) is -0.457. The number of fused-ring (bicyclic) bond motifs is 1. The van der Waals surface area contributed by atoms with Gasteiger partial charge in [0.15, 0.2) is 0 Å². The topological polar surface area (TPSA) is 68.0 Å². The van der Waals surface area contributed by atoms with E-state index in [4.69, 9.17) is 0 Å². The summed E-state index contributed by atoms with van der Waals surface area (Å²) in [6.07, 6.45) is 6.00. The monoisotopic (exact) mass is 267 g/mol. The van der Waals surface area contributed by atoms with Gasteiger partial charge in [0.1, 0.15) is 17.7 Å². The van der Waals surface area contributed by atoms with Crippen molar-refractivity contribution in [2.24, 2.45) is 0 Å². The molecule has 98 valence electrons. The number of thioether (sulfide) groups is 1. The zero-order valence-corrected chi connectivity index (χ0v) is 11.0. The van der Waals surface area contributed by atoms with E-state index < -0.39 is 12.0 Å². The highest BCUT2D eigenvalue weighted by Gasteiger charge is 2.33. The Morgan fingerprint density at radius 2 is 2.17 bits per heavy atom. The van der Waals surface area contributed by atoms with Gasteiger partial charge in [0.2, 0.25) is 0 Å². The van der Waals surface area contributed by atoms with Crippen molar-refractivity contribution < 1.29 is 9.90 Å². The zero-order valence-electron chi connectivity index (χ0n) is 10.2. The number of aromatic nitrogens is 3. The number of carboxylic acids is 1. The van der Waals surface area contributed by atoms with Gasteiger partial charge < -0.3 is 5.11 Å². The van der Waals surface area contributed by atoms with E-state index in [9.17, 15) is 9.90 Å². The van der Waals surface area contributed by atoms with Gasteiger partial charge in [0, 0.05) is 6.42 Å². The van der Waals surface area contributed by atoms with Crippen molar-refractivity contribution in [1.82, 2.24) is 14.8 Å². The van der Waals surface area contributed by atoms with Crippen LogP contribution in [0.15, 0.2) is 0 Å². The van der Waals surface area contributed by atoms with Crippen molar-refractivity contribution in [1.29, 1.82) is 0 Å². The molecule has 3 heterocycles. The van der Waals surface area contributed by atoms with E-state index in [2.05, 4.69) is 10.2 Å². The van der Waals surface area contributed by atoms with Gasteiger partial charge >= 0.3 is 5.97 Å². The zero-order chi connectivity index (χ0) is 12.5. The van der Waals surface area contributed by atoms with Crippen LogP contribution in [0.4, 0.5) is 0 Å². The lowest BCUT2D eigenvalue weighted by Gasteiger charge is -2.26. The lowest BCUT2D eigenvalue weighted by molar-refractivity contribution is -0.141. The first-order valence-electron chi connectivity index (χ1n) is 6.55. The van der Waals surface area contributed by atoms with Gasteiger partial charge in [-0.2, -0.15) is 11.8 Å². The van der Waals surface area contributed by atoms with E-state index >= 15 is 0 Å². The first kappa shape index (κ1) is 12.0. The molecule has 2 unspecified atom stereocenters. The quantitative estimate of drug-likeness (QED) is 0.889. The van der Waals surface area contributed by atoms with Crippen LogP contribution in [0.25, 0.3) is 0 Å². The molecule has 1 saturated heterocycles. The van der Waals surface area contributed by atoms with Crippen molar-refractivity contribution in [2.45, 2.75) is 49.8 Å². The van der Waals surface area contributed by atoms with E-state index in [1.807, 2.05) is 16.3 Å². The summed E-state index contributed by atoms with van der Waals surface area (Å²) < 4.78 is 1.90. The molecule has 6 heteroatoms. The molecule has 1 N–H and O–H groups in total. The molecule has 0 aliphatic carbocycles. The summed E-state index contributed by atoms with van der Waals surface area (Å²) in [5.74, 6) is 2.14. The van der Waals surface area contributed by atoms with Gasteiger partial charge in [0.25, 0.3) is 0 Å². The van der Waals surface area contributed by atoms with Gasteiger partial charge in [-0.3, -0.25) is 4.57 Å². The molecule has 18 heavy (non-hydrogen) atoms. The van der Waals surface area contributed by atoms with Crippen LogP contribution in [-0.2, 0) is 11.2 Å². The summed E-state index contributed by atoms with van der Waals surface area (Å²) in [7, 11) is 0. The minimum atomic E-state index is -0.752. The molecule has 0 amide bonds. The standard InChI is InChI=1S/C12H17N3O2S/c16-12(17)8-4-3-6-10-13-14-11(15(8)10)9-5-1-2-7-18-9/h8-9H,1-7H2,(H,16,17). The van der Waals surface area contributed by atoms with Crippen LogP contribution in [-0.4, -0.2) is 31.6 Å². The molecular weight excluding hydrogens is 250 g/mol. The third-order valence-corrected chi connectivity index (χ3v) is 5.11. The van der Waals surface area contributed by atoms with E-state index in [0.29, 0.717) is 11.7 Å². The smallest absolute Gasteiger partial charge is 0.326 e. The molecule has 0 bridgehead atoms. The Labute approximate surface area is 110 Å². The predicted octanol–water partition coefficient (Wildman–Crippen LogP) is 2.20. The first-order valence-corrected chi connectivity index (χ1v) is 7.60. The lowest BCUT2D eigenvalue weighted by Crippen LogP contribution is -2.27. The van der Waals surface area contributed by atoms with Crippen molar-refractivity contribution in [3.8, 4) is 0 Å². The Hall–Kier alpha value is -1.04. The van der Waals surface area contributed by atoms with Crippen molar-refractivity contribution in [2.75, 3.05) is 5.75 Å². The first-order chi connectivity index (χ1) is 8.77. The third kappa shape index (κ3) is 2.02. The Morgan fingerprint density at radius 1 is 1.28 bits per heavy atom. The number of hydrogen-bond acceptors (Lipinski definition) is 4. The molecule has 1 fully saturated rings. The largest absolute Gasteiger partial charge is 0.480 e. The molecule has 0 spiro atoms. The maximum atomic E-state index is 11.4. The minimum absolute atomic E-state index is 0.333. The predicted molar refractivity (Wildman–Crippen MR) is 68.7 cm³/mol. The van der Waals surface area contributed by atoms with Gasteiger partial charge in [-0.1, -0.05) is 6.42 Å². The van der Waals surface area contributed by atoms with Gasteiger partial charge in [-0.15, -0.1) is 10.2 Å². The van der Waals surface area contributed by atoms with Crippen LogP contribution in [0, 0.1) is 0 Å². The summed E-state index contributed by atoms with van der Waals surface area (Å²) in [6.45, 7) is 0. The SMILES string of the molecule is O=C(O)C1CCCc2nnc(C3CCCCS3)n21. The molecular formula is C12H17N3O2S. The molecule has 3 rings (SSSR count). The molecule has 5 nitrogen and oxygen atoms in total. The average Bonchev–Trinajstić information content (AvgIpc) is 2.83. The molecule has 2 aliphatic heterocycles. The molecule has 1 aromatic heterocycles. The fourth-order valence-electron chi connectivity index (χ4n) is 2.83. The van der Waals surface area contributed by atoms with Crippen molar-refractivity contribution in [3.05, 3.63) is 11.6 Å². The van der Waals surface area contributed by atoms with E-state index in [-0.39, 0.29) is 0 Å². The van der Waals surface area contributed by atoms with Crippen molar-refractivity contribution >= 4 is 17.7 Å². The number of aryl methyl sites for hydroxylation is 1. The van der Waals surface area contributed by atoms with Crippen LogP contribution in [0.1, 0.15) is 55.0 Å². The average molecular weight is 267 g/mol. The number of carbonyl (C=O) groups is 1. The Kier molecular flexibility index (Phi) is 3.28. The van der Waals surface area contributed by atoms with Crippen LogP contribution in [0.5, 0.6) is 0 Å². The van der Waals surface area contributed by atoms with Crippen LogP contribution < -0.4 is 0 Å². The maximum absolute atomic E-state index is 11.4. The minimum Gasteiger partial charge on any atom is -0.480 e. The highest BCUT2D eigenvalue weighted by atomic mass is 32.2. The molecule has 1 aromatic rings. The van der Waals surface area contributed by atoms with Crippen LogP contribution in [0.3, 0.4) is 0 Å². The molecule has 2 atom stereocenters. The van der Waals surface area contributed by atoms with E-state index in [1.165, 1.54) is 12.8 Å². The number of carboxylic acid groups (broad SMARTS) is 1. The molecule has 0 saturated carbocycles. The highest BCUT2D eigenvalue weighted by Crippen LogP contribution is 2.39. The van der Waals surface area contributed by atoms with Gasteiger partial charge in [-0.25, -0.2) is 4.79 Å². The summed E-state index contributed by atoms with van der Waals surface area (Å²) in [5.41, 5.74) is 0. The Bertz CT molecular complexity index is 454. The number of aliphatic carboxylic acids is 1. The maximum Gasteiger partial charge on any atom is 0.326 e. The molecule has 2 aliphatic rings. The second-order valence-corrected chi connectivity index (χ2v) is 6.26. The summed E-state index contributed by atoms with van der Waals surface area (Å²) in [4.78, 5) is 11.4. The van der Waals surface area contributed by atoms with Gasteiger partial charge in [0.05, 0.1) is 5.25 Å². The summed E-state index contributed by atoms with van der Waals surface area (Å²) >= 11 is 1.89. The highest BCUT2D eigenvalue weighted by molar-refractivity contribution is 7.99. The molecule has 0 radical (unpaired) electrons. The second-order valence-electron chi connectivity index (χ2n) is 4.95. The van der Waals surface area contributed by atoms with E-state index in [0.717, 1.165) is 36.7 Å². The van der Waals surface area contributed by atoms with Crippen LogP contribution in [0.2, 0.25) is 0 Å². The fourth-order valence-corrected chi connectivity index (χ4v) is 4.13. The lowest BCUT2D eigenvalue weighted by atomic mass is 10.0. The van der Waals surface area contributed by atoms with Crippen LogP contribution >= 0.6 is 11.8 Å². The van der Waals surface area contributed by atoms with Gasteiger partial charge in [-0.05, 0) is 31.4 Å². The summed E-state index contributed by atoms with van der Waals surface area (Å²) in [5, 5.41) is 18.2. The number of hydrogen-bond donors (Lipinski definition) is 1. The second kappa shape index (κ2) is 4.91. The van der Waals surface area contributed by atoms with Crippen molar-refractivity contribution in [3.63, 3.8) is 0 Å². The number of nitrogens with zero attached hydrogens (tertiary/aromatic N) is 3. The normalized spacial score (nSPS) is 27.8. The van der Waals surface area contributed by atoms with E-state index in [1.54, 1.807) is 0 Å². The Balaban J connectivity index is 1.96. The molecule has 0 aromatic carbocycles. The third-order valence-electron chi connectivity index (χ3n) is 3.74.